The number of hydrogen-bond acceptors (Lipinski definition) is 3. The van der Waals surface area contributed by atoms with Gasteiger partial charge in [-0.3, -0.25) is 14.4 Å². The highest BCUT2D eigenvalue weighted by Crippen LogP contribution is 2.18. The molecule has 0 atom stereocenters. The number of carbonyl (C=O) groups is 3. The van der Waals surface area contributed by atoms with Crippen molar-refractivity contribution in [2.24, 2.45) is 0 Å². The zero-order valence-electron chi connectivity index (χ0n) is 17.8. The van der Waals surface area contributed by atoms with Gasteiger partial charge in [0, 0.05) is 32.6 Å². The van der Waals surface area contributed by atoms with Gasteiger partial charge in [-0.25, -0.2) is 0 Å². The SMILES string of the molecule is Cc1ccc(CCC(=O)NCC(=O)N2CCCN(C(=O)c3ccccc3Cl)CC2)cc1. The Hall–Kier alpha value is -2.86. The van der Waals surface area contributed by atoms with E-state index in [4.69, 9.17) is 11.6 Å². The summed E-state index contributed by atoms with van der Waals surface area (Å²) in [6.45, 7) is 4.01. The van der Waals surface area contributed by atoms with E-state index in [0.717, 1.165) is 5.56 Å². The molecular formula is C24H28ClN3O3. The molecule has 0 unspecified atom stereocenters. The minimum Gasteiger partial charge on any atom is -0.347 e. The standard InChI is InChI=1S/C24H28ClN3O3/c1-18-7-9-19(10-8-18)11-12-22(29)26-17-23(30)27-13-4-14-28(16-15-27)24(31)20-5-2-3-6-21(20)25/h2-3,5-10H,4,11-17H2,1H3,(H,26,29). The Balaban J connectivity index is 1.43. The Labute approximate surface area is 188 Å². The number of aryl methyl sites for hydroxylation is 2. The smallest absolute Gasteiger partial charge is 0.255 e. The lowest BCUT2D eigenvalue weighted by atomic mass is 10.1. The Morgan fingerprint density at radius 2 is 1.61 bits per heavy atom. The van der Waals surface area contributed by atoms with E-state index >= 15 is 0 Å². The van der Waals surface area contributed by atoms with E-state index in [1.165, 1.54) is 5.56 Å². The number of halogens is 1. The third-order valence-corrected chi connectivity index (χ3v) is 5.77. The molecule has 2 aromatic carbocycles. The Kier molecular flexibility index (Phi) is 8.06. The molecule has 0 aromatic heterocycles. The van der Waals surface area contributed by atoms with Crippen LogP contribution in [0.4, 0.5) is 0 Å². The summed E-state index contributed by atoms with van der Waals surface area (Å²) in [5.41, 5.74) is 2.76. The van der Waals surface area contributed by atoms with E-state index in [1.54, 1.807) is 34.1 Å². The molecule has 7 heteroatoms. The van der Waals surface area contributed by atoms with Gasteiger partial charge >= 0.3 is 0 Å². The van der Waals surface area contributed by atoms with Crippen LogP contribution < -0.4 is 5.32 Å². The largest absolute Gasteiger partial charge is 0.347 e. The summed E-state index contributed by atoms with van der Waals surface area (Å²) >= 11 is 6.15. The van der Waals surface area contributed by atoms with Crippen LogP contribution >= 0.6 is 11.6 Å². The van der Waals surface area contributed by atoms with Crippen molar-refractivity contribution >= 4 is 29.3 Å². The fourth-order valence-electron chi connectivity index (χ4n) is 3.56. The first-order chi connectivity index (χ1) is 14.9. The van der Waals surface area contributed by atoms with Gasteiger partial charge in [-0.2, -0.15) is 0 Å². The molecule has 0 spiro atoms. The summed E-state index contributed by atoms with van der Waals surface area (Å²) in [5.74, 6) is -0.390. The van der Waals surface area contributed by atoms with Gasteiger partial charge in [-0.05, 0) is 37.5 Å². The van der Waals surface area contributed by atoms with Crippen molar-refractivity contribution in [1.29, 1.82) is 0 Å². The average molecular weight is 442 g/mol. The molecule has 1 aliphatic rings. The van der Waals surface area contributed by atoms with E-state index < -0.39 is 0 Å². The minimum absolute atomic E-state index is 0.0226. The predicted molar refractivity (Wildman–Crippen MR) is 121 cm³/mol. The summed E-state index contributed by atoms with van der Waals surface area (Å²) in [6.07, 6.45) is 1.67. The molecule has 2 aromatic rings. The number of rotatable bonds is 6. The Bertz CT molecular complexity index is 930. The molecule has 31 heavy (non-hydrogen) atoms. The molecule has 0 radical (unpaired) electrons. The minimum atomic E-state index is -0.140. The number of nitrogens with one attached hydrogen (secondary N) is 1. The Morgan fingerprint density at radius 1 is 0.935 bits per heavy atom. The summed E-state index contributed by atoms with van der Waals surface area (Å²) in [4.78, 5) is 40.9. The highest BCUT2D eigenvalue weighted by atomic mass is 35.5. The summed E-state index contributed by atoms with van der Waals surface area (Å²) < 4.78 is 0. The van der Waals surface area contributed by atoms with Crippen LogP contribution in [0.1, 0.15) is 34.3 Å². The topological polar surface area (TPSA) is 69.7 Å². The number of carbonyl (C=O) groups excluding carboxylic acids is 3. The lowest BCUT2D eigenvalue weighted by molar-refractivity contribution is -0.132. The second-order valence-electron chi connectivity index (χ2n) is 7.77. The maximum atomic E-state index is 12.8. The molecule has 1 heterocycles. The number of benzene rings is 2. The van der Waals surface area contributed by atoms with Gasteiger partial charge < -0.3 is 15.1 Å². The average Bonchev–Trinajstić information content (AvgIpc) is 3.03. The zero-order valence-corrected chi connectivity index (χ0v) is 18.5. The van der Waals surface area contributed by atoms with Gasteiger partial charge in [0.15, 0.2) is 0 Å². The van der Waals surface area contributed by atoms with Gasteiger partial charge in [0.2, 0.25) is 11.8 Å². The molecule has 0 aliphatic carbocycles. The first-order valence-corrected chi connectivity index (χ1v) is 11.0. The van der Waals surface area contributed by atoms with E-state index in [-0.39, 0.29) is 24.3 Å². The second-order valence-corrected chi connectivity index (χ2v) is 8.18. The van der Waals surface area contributed by atoms with Gasteiger partial charge in [0.25, 0.3) is 5.91 Å². The van der Waals surface area contributed by atoms with E-state index in [1.807, 2.05) is 31.2 Å². The highest BCUT2D eigenvalue weighted by Gasteiger charge is 2.24. The molecule has 1 aliphatic heterocycles. The lowest BCUT2D eigenvalue weighted by Crippen LogP contribution is -2.42. The molecule has 0 saturated carbocycles. The molecule has 3 rings (SSSR count). The molecule has 164 valence electrons. The van der Waals surface area contributed by atoms with Crippen molar-refractivity contribution in [3.05, 3.63) is 70.2 Å². The maximum absolute atomic E-state index is 12.8. The Morgan fingerprint density at radius 3 is 2.35 bits per heavy atom. The van der Waals surface area contributed by atoms with E-state index in [0.29, 0.717) is 56.0 Å². The van der Waals surface area contributed by atoms with Crippen molar-refractivity contribution in [3.63, 3.8) is 0 Å². The van der Waals surface area contributed by atoms with Crippen molar-refractivity contribution in [3.8, 4) is 0 Å². The van der Waals surface area contributed by atoms with Crippen LogP contribution in [0.5, 0.6) is 0 Å². The molecule has 6 nitrogen and oxygen atoms in total. The summed E-state index contributed by atoms with van der Waals surface area (Å²) in [5, 5.41) is 3.15. The molecule has 1 N–H and O–H groups in total. The van der Waals surface area contributed by atoms with Crippen LogP contribution in [-0.2, 0) is 16.0 Å². The van der Waals surface area contributed by atoms with Crippen molar-refractivity contribution in [2.75, 3.05) is 32.7 Å². The second kappa shape index (κ2) is 11.0. The van der Waals surface area contributed by atoms with Crippen LogP contribution in [0.15, 0.2) is 48.5 Å². The third-order valence-electron chi connectivity index (χ3n) is 5.44. The van der Waals surface area contributed by atoms with Crippen LogP contribution in [0, 0.1) is 6.92 Å². The number of hydrogen-bond donors (Lipinski definition) is 1. The normalized spacial score (nSPS) is 14.1. The van der Waals surface area contributed by atoms with Gasteiger partial charge in [0.05, 0.1) is 17.1 Å². The molecule has 1 saturated heterocycles. The number of nitrogens with zero attached hydrogens (tertiary/aromatic N) is 2. The predicted octanol–water partition coefficient (Wildman–Crippen LogP) is 3.07. The summed E-state index contributed by atoms with van der Waals surface area (Å²) in [7, 11) is 0. The first-order valence-electron chi connectivity index (χ1n) is 10.6. The van der Waals surface area contributed by atoms with Gasteiger partial charge in [0.1, 0.15) is 0 Å². The molecule has 0 bridgehead atoms. The fraction of sp³-hybridized carbons (Fsp3) is 0.375. The van der Waals surface area contributed by atoms with Gasteiger partial charge in [-0.15, -0.1) is 0 Å². The van der Waals surface area contributed by atoms with E-state index in [9.17, 15) is 14.4 Å². The lowest BCUT2D eigenvalue weighted by Gasteiger charge is -2.22. The van der Waals surface area contributed by atoms with Crippen molar-refractivity contribution in [1.82, 2.24) is 15.1 Å². The van der Waals surface area contributed by atoms with E-state index in [2.05, 4.69) is 5.32 Å². The fourth-order valence-corrected chi connectivity index (χ4v) is 3.78. The highest BCUT2D eigenvalue weighted by molar-refractivity contribution is 6.33. The van der Waals surface area contributed by atoms with Crippen LogP contribution in [0.2, 0.25) is 5.02 Å². The molecule has 3 amide bonds. The molecular weight excluding hydrogens is 414 g/mol. The zero-order chi connectivity index (χ0) is 22.2. The summed E-state index contributed by atoms with van der Waals surface area (Å²) in [6, 6.07) is 15.1. The van der Waals surface area contributed by atoms with Crippen molar-refractivity contribution in [2.45, 2.75) is 26.2 Å². The molecule has 1 fully saturated rings. The van der Waals surface area contributed by atoms with Crippen LogP contribution in [0.3, 0.4) is 0 Å². The quantitative estimate of drug-likeness (QED) is 0.749. The maximum Gasteiger partial charge on any atom is 0.255 e. The van der Waals surface area contributed by atoms with Crippen LogP contribution in [-0.4, -0.2) is 60.2 Å². The first kappa shape index (κ1) is 22.8. The van der Waals surface area contributed by atoms with Gasteiger partial charge in [-0.1, -0.05) is 53.6 Å². The third kappa shape index (κ3) is 6.56. The monoisotopic (exact) mass is 441 g/mol. The number of amides is 3. The van der Waals surface area contributed by atoms with Crippen molar-refractivity contribution < 1.29 is 14.4 Å². The van der Waals surface area contributed by atoms with Crippen LogP contribution in [0.25, 0.3) is 0 Å².